The molecule has 21 heavy (non-hydrogen) atoms. The van der Waals surface area contributed by atoms with Gasteiger partial charge in [-0.1, -0.05) is 25.5 Å². The molecule has 1 aromatic carbocycles. The van der Waals surface area contributed by atoms with Gasteiger partial charge in [0.15, 0.2) is 0 Å². The highest BCUT2D eigenvalue weighted by Gasteiger charge is 2.29. The van der Waals surface area contributed by atoms with Crippen LogP contribution in [0.2, 0.25) is 0 Å². The molecule has 7 heteroatoms. The van der Waals surface area contributed by atoms with Gasteiger partial charge in [0.25, 0.3) is 0 Å². The summed E-state index contributed by atoms with van der Waals surface area (Å²) in [6.45, 7) is 1.70. The number of carboxylic acids is 1. The summed E-state index contributed by atoms with van der Waals surface area (Å²) < 4.78 is 0. The van der Waals surface area contributed by atoms with Crippen molar-refractivity contribution in [2.24, 2.45) is 0 Å². The van der Waals surface area contributed by atoms with Gasteiger partial charge in [-0.25, -0.2) is 9.59 Å². The van der Waals surface area contributed by atoms with Crippen LogP contribution in [0.4, 0.5) is 16.2 Å². The van der Waals surface area contributed by atoms with Crippen LogP contribution in [-0.2, 0) is 9.59 Å². The zero-order valence-electron chi connectivity index (χ0n) is 11.6. The van der Waals surface area contributed by atoms with Crippen molar-refractivity contribution in [3.05, 3.63) is 24.3 Å². The van der Waals surface area contributed by atoms with Crippen LogP contribution in [0.5, 0.6) is 0 Å². The second-order valence-corrected chi connectivity index (χ2v) is 4.78. The number of carbonyl (C=O) groups is 3. The minimum Gasteiger partial charge on any atom is -0.480 e. The van der Waals surface area contributed by atoms with Gasteiger partial charge in [0.05, 0.1) is 11.4 Å². The Labute approximate surface area is 121 Å². The second kappa shape index (κ2) is 6.25. The topological polar surface area (TPSA) is 98.7 Å². The molecule has 0 fully saturated rings. The third kappa shape index (κ3) is 3.31. The average molecular weight is 291 g/mol. The zero-order chi connectivity index (χ0) is 15.4. The third-order valence-electron chi connectivity index (χ3n) is 3.19. The molecule has 0 saturated heterocycles. The molecule has 0 aromatic heterocycles. The van der Waals surface area contributed by atoms with E-state index in [1.54, 1.807) is 24.3 Å². The summed E-state index contributed by atoms with van der Waals surface area (Å²) in [5.74, 6) is -1.40. The Morgan fingerprint density at radius 1 is 1.43 bits per heavy atom. The maximum absolute atomic E-state index is 12.3. The Balaban J connectivity index is 2.19. The van der Waals surface area contributed by atoms with Crippen molar-refractivity contribution in [3.63, 3.8) is 0 Å². The molecular formula is C14H17N3O4. The maximum atomic E-state index is 12.3. The fourth-order valence-corrected chi connectivity index (χ4v) is 2.19. The number of amides is 3. The number of para-hydroxylation sites is 2. The number of hydrogen-bond acceptors (Lipinski definition) is 3. The Morgan fingerprint density at radius 2 is 2.14 bits per heavy atom. The van der Waals surface area contributed by atoms with Crippen LogP contribution in [-0.4, -0.2) is 35.6 Å². The van der Waals surface area contributed by atoms with Crippen LogP contribution in [0, 0.1) is 0 Å². The summed E-state index contributed by atoms with van der Waals surface area (Å²) >= 11 is 0. The first kappa shape index (κ1) is 14.8. The lowest BCUT2D eigenvalue weighted by atomic mass is 10.1. The number of benzene rings is 1. The zero-order valence-corrected chi connectivity index (χ0v) is 11.6. The molecular weight excluding hydrogens is 274 g/mol. The molecule has 0 spiro atoms. The summed E-state index contributed by atoms with van der Waals surface area (Å²) in [5.41, 5.74) is 1.08. The number of nitrogens with zero attached hydrogens (tertiary/aromatic N) is 1. The minimum absolute atomic E-state index is 0.138. The van der Waals surface area contributed by atoms with Crippen molar-refractivity contribution in [2.45, 2.75) is 25.8 Å². The molecule has 0 radical (unpaired) electrons. The number of aliphatic carboxylic acids is 1. The highest BCUT2D eigenvalue weighted by atomic mass is 16.4. The average Bonchev–Trinajstić information content (AvgIpc) is 2.45. The number of urea groups is 1. The van der Waals surface area contributed by atoms with E-state index >= 15 is 0 Å². The summed E-state index contributed by atoms with van der Waals surface area (Å²) in [7, 11) is 0. The van der Waals surface area contributed by atoms with Crippen LogP contribution in [0.3, 0.4) is 0 Å². The third-order valence-corrected chi connectivity index (χ3v) is 3.19. The highest BCUT2D eigenvalue weighted by molar-refractivity contribution is 6.09. The number of nitrogens with one attached hydrogen (secondary N) is 2. The Bertz CT molecular complexity index is 573. The van der Waals surface area contributed by atoms with E-state index < -0.39 is 18.0 Å². The first-order valence-electron chi connectivity index (χ1n) is 6.72. The van der Waals surface area contributed by atoms with Gasteiger partial charge in [-0.2, -0.15) is 0 Å². The van der Waals surface area contributed by atoms with Crippen molar-refractivity contribution in [1.82, 2.24) is 5.32 Å². The molecule has 0 bridgehead atoms. The monoisotopic (exact) mass is 291 g/mol. The van der Waals surface area contributed by atoms with Crippen LogP contribution >= 0.6 is 0 Å². The fraction of sp³-hybridized carbons (Fsp3) is 0.357. The van der Waals surface area contributed by atoms with Crippen LogP contribution < -0.4 is 15.5 Å². The summed E-state index contributed by atoms with van der Waals surface area (Å²) in [6, 6.07) is 5.34. The number of carboxylic acid groups (broad SMARTS) is 1. The molecule has 1 aromatic rings. The molecule has 1 heterocycles. The molecule has 7 nitrogen and oxygen atoms in total. The number of hydrogen-bond donors (Lipinski definition) is 3. The first-order chi connectivity index (χ1) is 10.0. The van der Waals surface area contributed by atoms with Crippen LogP contribution in [0.1, 0.15) is 19.8 Å². The van der Waals surface area contributed by atoms with Crippen LogP contribution in [0.25, 0.3) is 0 Å². The highest BCUT2D eigenvalue weighted by Crippen LogP contribution is 2.28. The maximum Gasteiger partial charge on any atom is 0.326 e. The van der Waals surface area contributed by atoms with Gasteiger partial charge in [0.1, 0.15) is 12.6 Å². The summed E-state index contributed by atoms with van der Waals surface area (Å²) in [4.78, 5) is 36.3. The molecule has 3 N–H and O–H groups in total. The predicted molar refractivity (Wildman–Crippen MR) is 77.3 cm³/mol. The molecule has 1 atom stereocenters. The van der Waals surface area contributed by atoms with E-state index in [2.05, 4.69) is 10.6 Å². The van der Waals surface area contributed by atoms with Gasteiger partial charge in [-0.3, -0.25) is 9.69 Å². The lowest BCUT2D eigenvalue weighted by Crippen LogP contribution is -2.51. The lowest BCUT2D eigenvalue weighted by Gasteiger charge is -2.30. The first-order valence-corrected chi connectivity index (χ1v) is 6.72. The molecule has 1 aliphatic rings. The number of fused-ring (bicyclic) bond motifs is 1. The lowest BCUT2D eigenvalue weighted by molar-refractivity contribution is -0.139. The van der Waals surface area contributed by atoms with Crippen molar-refractivity contribution in [2.75, 3.05) is 16.8 Å². The second-order valence-electron chi connectivity index (χ2n) is 4.78. The van der Waals surface area contributed by atoms with Crippen molar-refractivity contribution >= 4 is 29.3 Å². The molecule has 0 saturated carbocycles. The summed E-state index contributed by atoms with van der Waals surface area (Å²) in [5, 5.41) is 14.2. The van der Waals surface area contributed by atoms with Gasteiger partial charge in [0.2, 0.25) is 5.91 Å². The molecule has 1 aliphatic heterocycles. The van der Waals surface area contributed by atoms with Gasteiger partial charge in [-0.15, -0.1) is 0 Å². The molecule has 0 aliphatic carbocycles. The van der Waals surface area contributed by atoms with Crippen molar-refractivity contribution < 1.29 is 19.5 Å². The Morgan fingerprint density at radius 3 is 2.81 bits per heavy atom. The van der Waals surface area contributed by atoms with E-state index in [9.17, 15) is 14.4 Å². The molecule has 1 unspecified atom stereocenters. The number of anilines is 2. The number of carbonyl (C=O) groups excluding carboxylic acids is 2. The van der Waals surface area contributed by atoms with E-state index in [0.717, 1.165) is 0 Å². The summed E-state index contributed by atoms with van der Waals surface area (Å²) in [6.07, 6.45) is 0.969. The quantitative estimate of drug-likeness (QED) is 0.781. The van der Waals surface area contributed by atoms with Gasteiger partial charge < -0.3 is 15.7 Å². The van der Waals surface area contributed by atoms with E-state index in [-0.39, 0.29) is 12.5 Å². The smallest absolute Gasteiger partial charge is 0.326 e. The molecule has 112 valence electrons. The Hall–Kier alpha value is -2.57. The van der Waals surface area contributed by atoms with E-state index in [0.29, 0.717) is 24.2 Å². The van der Waals surface area contributed by atoms with E-state index in [1.807, 2.05) is 6.92 Å². The fourth-order valence-electron chi connectivity index (χ4n) is 2.19. The predicted octanol–water partition coefficient (Wildman–Crippen LogP) is 1.41. The largest absolute Gasteiger partial charge is 0.480 e. The minimum atomic E-state index is -1.08. The Kier molecular flexibility index (Phi) is 4.42. The van der Waals surface area contributed by atoms with Gasteiger partial charge in [0, 0.05) is 0 Å². The number of rotatable bonds is 4. The SMILES string of the molecule is CCCC(NC(=O)N1CC(=O)Nc2ccccc21)C(=O)O. The van der Waals surface area contributed by atoms with E-state index in [1.165, 1.54) is 4.90 Å². The van der Waals surface area contributed by atoms with Crippen molar-refractivity contribution in [3.8, 4) is 0 Å². The van der Waals surface area contributed by atoms with Gasteiger partial charge in [-0.05, 0) is 18.6 Å². The molecule has 2 rings (SSSR count). The van der Waals surface area contributed by atoms with E-state index in [4.69, 9.17) is 5.11 Å². The van der Waals surface area contributed by atoms with Crippen LogP contribution in [0.15, 0.2) is 24.3 Å². The standard InChI is InChI=1S/C14H17N3O4/c1-2-5-10(13(19)20)16-14(21)17-8-12(18)15-9-6-3-4-7-11(9)17/h3-4,6-7,10H,2,5,8H2,1H3,(H,15,18)(H,16,21)(H,19,20). The normalized spacial score (nSPS) is 14.9. The molecule has 3 amide bonds. The van der Waals surface area contributed by atoms with Gasteiger partial charge >= 0.3 is 12.0 Å². The van der Waals surface area contributed by atoms with Crippen molar-refractivity contribution in [1.29, 1.82) is 0 Å².